The molecule has 0 amide bonds. The summed E-state index contributed by atoms with van der Waals surface area (Å²) in [6, 6.07) is 15.1. The third-order valence-corrected chi connectivity index (χ3v) is 3.47. The Labute approximate surface area is 140 Å². The normalized spacial score (nSPS) is 11.9. The molecule has 1 unspecified atom stereocenters. The summed E-state index contributed by atoms with van der Waals surface area (Å²) in [6.45, 7) is 0.470. The van der Waals surface area contributed by atoms with Gasteiger partial charge in [-0.15, -0.1) is 0 Å². The molecule has 1 aromatic carbocycles. The number of nitrogens with zero attached hydrogens (tertiary/aromatic N) is 2. The quantitative estimate of drug-likeness (QED) is 0.662. The van der Waals surface area contributed by atoms with E-state index in [2.05, 4.69) is 15.3 Å². The number of anilines is 1. The summed E-state index contributed by atoms with van der Waals surface area (Å²) in [7, 11) is 0. The van der Waals surface area contributed by atoms with E-state index in [9.17, 15) is 5.11 Å². The van der Waals surface area contributed by atoms with Gasteiger partial charge in [-0.25, -0.2) is 4.98 Å². The topological polar surface area (TPSA) is 80.4 Å². The Bertz CT molecular complexity index is 732. The molecule has 6 heteroatoms. The molecule has 2 N–H and O–H groups in total. The number of benzene rings is 1. The summed E-state index contributed by atoms with van der Waals surface area (Å²) in [5.41, 5.74) is 1.07. The van der Waals surface area contributed by atoms with Gasteiger partial charge in [0.25, 0.3) is 0 Å². The van der Waals surface area contributed by atoms with Crippen molar-refractivity contribution in [3.8, 4) is 5.88 Å². The van der Waals surface area contributed by atoms with Crippen LogP contribution in [0.25, 0.3) is 0 Å². The van der Waals surface area contributed by atoms with Crippen molar-refractivity contribution >= 4 is 5.95 Å². The van der Waals surface area contributed by atoms with Crippen LogP contribution in [0.1, 0.15) is 23.8 Å². The fourth-order valence-corrected chi connectivity index (χ4v) is 2.28. The van der Waals surface area contributed by atoms with Gasteiger partial charge in [0.1, 0.15) is 12.4 Å². The second kappa shape index (κ2) is 8.12. The Balaban J connectivity index is 1.65. The first kappa shape index (κ1) is 16.0. The van der Waals surface area contributed by atoms with Crippen molar-refractivity contribution in [2.24, 2.45) is 0 Å². The number of hydrogen-bond donors (Lipinski definition) is 2. The number of aromatic nitrogens is 2. The Morgan fingerprint density at radius 2 is 2.00 bits per heavy atom. The lowest BCUT2D eigenvalue weighted by Crippen LogP contribution is -2.14. The number of ether oxygens (including phenoxy) is 1. The maximum absolute atomic E-state index is 9.23. The van der Waals surface area contributed by atoms with Gasteiger partial charge in [0, 0.05) is 18.9 Å². The fraction of sp³-hybridized carbons (Fsp3) is 0.222. The maximum Gasteiger partial charge on any atom is 0.226 e. The number of hydrogen-bond acceptors (Lipinski definition) is 6. The molecule has 24 heavy (non-hydrogen) atoms. The van der Waals surface area contributed by atoms with Crippen molar-refractivity contribution in [2.45, 2.75) is 19.1 Å². The minimum Gasteiger partial charge on any atom is -0.473 e. The van der Waals surface area contributed by atoms with Crippen LogP contribution in [0.2, 0.25) is 0 Å². The monoisotopic (exact) mass is 325 g/mol. The minimum atomic E-state index is -0.200. The lowest BCUT2D eigenvalue weighted by Gasteiger charge is -2.15. The first-order valence-electron chi connectivity index (χ1n) is 7.76. The van der Waals surface area contributed by atoms with E-state index in [1.807, 2.05) is 42.5 Å². The molecule has 2 heterocycles. The summed E-state index contributed by atoms with van der Waals surface area (Å²) in [6.07, 6.45) is 3.72. The lowest BCUT2D eigenvalue weighted by atomic mass is 10.1. The molecule has 1 atom stereocenters. The summed E-state index contributed by atoms with van der Waals surface area (Å²) >= 11 is 0. The van der Waals surface area contributed by atoms with Crippen molar-refractivity contribution in [1.29, 1.82) is 0 Å². The average molecular weight is 325 g/mol. The molecule has 0 spiro atoms. The molecule has 0 saturated heterocycles. The second-order valence-corrected chi connectivity index (χ2v) is 5.22. The van der Waals surface area contributed by atoms with E-state index in [0.29, 0.717) is 24.9 Å². The van der Waals surface area contributed by atoms with Gasteiger partial charge >= 0.3 is 0 Å². The molecule has 0 bridgehead atoms. The zero-order valence-corrected chi connectivity index (χ0v) is 13.1. The number of rotatable bonds is 8. The van der Waals surface area contributed by atoms with E-state index in [4.69, 9.17) is 9.15 Å². The molecular weight excluding hydrogens is 306 g/mol. The molecule has 2 aromatic heterocycles. The third kappa shape index (κ3) is 4.33. The molecular formula is C18H19N3O3. The van der Waals surface area contributed by atoms with Crippen LogP contribution in [0.15, 0.2) is 65.4 Å². The molecule has 124 valence electrons. The smallest absolute Gasteiger partial charge is 0.226 e. The van der Waals surface area contributed by atoms with Gasteiger partial charge < -0.3 is 19.6 Å². The van der Waals surface area contributed by atoms with Gasteiger partial charge in [-0.2, -0.15) is 4.98 Å². The van der Waals surface area contributed by atoms with Gasteiger partial charge in [-0.05, 0) is 24.1 Å². The van der Waals surface area contributed by atoms with Crippen LogP contribution in [0.4, 0.5) is 5.95 Å². The van der Waals surface area contributed by atoms with Crippen LogP contribution in [-0.2, 0) is 6.61 Å². The highest BCUT2D eigenvalue weighted by molar-refractivity contribution is 5.31. The van der Waals surface area contributed by atoms with Gasteiger partial charge in [0.05, 0.1) is 12.3 Å². The van der Waals surface area contributed by atoms with E-state index in [-0.39, 0.29) is 12.6 Å². The summed E-state index contributed by atoms with van der Waals surface area (Å²) in [5, 5.41) is 12.4. The van der Waals surface area contributed by atoms with Gasteiger partial charge in [0.2, 0.25) is 11.8 Å². The molecule has 3 aromatic rings. The molecule has 0 fully saturated rings. The number of aliphatic hydroxyl groups excluding tert-OH is 1. The average Bonchev–Trinajstić information content (AvgIpc) is 3.16. The molecule has 0 radical (unpaired) electrons. The summed E-state index contributed by atoms with van der Waals surface area (Å²) in [4.78, 5) is 8.55. The second-order valence-electron chi connectivity index (χ2n) is 5.22. The Hall–Kier alpha value is -2.86. The molecule has 6 nitrogen and oxygen atoms in total. The minimum absolute atomic E-state index is 0.0303. The van der Waals surface area contributed by atoms with E-state index >= 15 is 0 Å². The number of nitrogens with one attached hydrogen (secondary N) is 1. The van der Waals surface area contributed by atoms with Crippen molar-refractivity contribution < 1.29 is 14.3 Å². The molecule has 0 aliphatic rings. The zero-order chi connectivity index (χ0) is 16.6. The van der Waals surface area contributed by atoms with Crippen LogP contribution < -0.4 is 10.1 Å². The summed E-state index contributed by atoms with van der Waals surface area (Å²) < 4.78 is 11.1. The van der Waals surface area contributed by atoms with Crippen LogP contribution in [-0.4, -0.2) is 21.7 Å². The third-order valence-electron chi connectivity index (χ3n) is 3.47. The predicted octanol–water partition coefficient (Wildman–Crippen LogP) is 3.18. The first-order chi connectivity index (χ1) is 11.8. The van der Waals surface area contributed by atoms with Crippen LogP contribution in [0.3, 0.4) is 0 Å². The van der Waals surface area contributed by atoms with E-state index in [1.54, 1.807) is 18.5 Å². The Morgan fingerprint density at radius 1 is 1.12 bits per heavy atom. The van der Waals surface area contributed by atoms with Crippen molar-refractivity contribution in [3.63, 3.8) is 0 Å². The van der Waals surface area contributed by atoms with E-state index < -0.39 is 0 Å². The van der Waals surface area contributed by atoms with Crippen molar-refractivity contribution in [3.05, 3.63) is 72.3 Å². The lowest BCUT2D eigenvalue weighted by molar-refractivity contribution is 0.272. The number of aliphatic hydroxyl groups is 1. The standard InChI is InChI=1S/C18H19N3O3/c22-11-9-15(16-7-4-12-23-16)20-18-19-10-8-17(21-18)24-13-14-5-2-1-3-6-14/h1-8,10,12,15,22H,9,11,13H2,(H,19,20,21). The highest BCUT2D eigenvalue weighted by atomic mass is 16.5. The molecule has 0 aliphatic carbocycles. The van der Waals surface area contributed by atoms with Crippen LogP contribution in [0, 0.1) is 0 Å². The highest BCUT2D eigenvalue weighted by Gasteiger charge is 2.15. The Morgan fingerprint density at radius 3 is 2.75 bits per heavy atom. The van der Waals surface area contributed by atoms with Gasteiger partial charge in [-0.1, -0.05) is 30.3 Å². The molecule has 3 rings (SSSR count). The van der Waals surface area contributed by atoms with Crippen LogP contribution in [0.5, 0.6) is 5.88 Å². The van der Waals surface area contributed by atoms with E-state index in [1.165, 1.54) is 0 Å². The zero-order valence-electron chi connectivity index (χ0n) is 13.1. The molecule has 0 saturated carbocycles. The SMILES string of the molecule is OCCC(Nc1nccc(OCc2ccccc2)n1)c1ccco1. The summed E-state index contributed by atoms with van der Waals surface area (Å²) in [5.74, 6) is 1.64. The van der Waals surface area contributed by atoms with E-state index in [0.717, 1.165) is 11.3 Å². The predicted molar refractivity (Wildman–Crippen MR) is 89.6 cm³/mol. The van der Waals surface area contributed by atoms with Gasteiger partial charge in [-0.3, -0.25) is 0 Å². The Kier molecular flexibility index (Phi) is 5.42. The van der Waals surface area contributed by atoms with Crippen LogP contribution >= 0.6 is 0 Å². The first-order valence-corrected chi connectivity index (χ1v) is 7.76. The van der Waals surface area contributed by atoms with Crippen molar-refractivity contribution in [1.82, 2.24) is 9.97 Å². The fourth-order valence-electron chi connectivity index (χ4n) is 2.28. The maximum atomic E-state index is 9.23. The highest BCUT2D eigenvalue weighted by Crippen LogP contribution is 2.22. The largest absolute Gasteiger partial charge is 0.473 e. The van der Waals surface area contributed by atoms with Gasteiger partial charge in [0.15, 0.2) is 0 Å². The van der Waals surface area contributed by atoms with Crippen molar-refractivity contribution in [2.75, 3.05) is 11.9 Å². The molecule has 0 aliphatic heterocycles. The number of furan rings is 1.